The summed E-state index contributed by atoms with van der Waals surface area (Å²) in [5.74, 6) is -1.96. The highest BCUT2D eigenvalue weighted by Gasteiger charge is 2.69. The van der Waals surface area contributed by atoms with Gasteiger partial charge in [-0.3, -0.25) is 9.59 Å². The number of benzene rings is 3. The summed E-state index contributed by atoms with van der Waals surface area (Å²) in [7, 11) is 0. The molecule has 4 nitrogen and oxygen atoms in total. The summed E-state index contributed by atoms with van der Waals surface area (Å²) in [5.41, 5.74) is 3.44. The lowest BCUT2D eigenvalue weighted by atomic mass is 9.46. The van der Waals surface area contributed by atoms with Crippen LogP contribution in [0.4, 0.5) is 5.69 Å². The van der Waals surface area contributed by atoms with Crippen LogP contribution in [0.5, 0.6) is 0 Å². The molecule has 1 N–H and O–H groups in total. The molecule has 3 aliphatic carbocycles. The van der Waals surface area contributed by atoms with E-state index < -0.39 is 23.4 Å². The topological polar surface area (TPSA) is 57.6 Å². The summed E-state index contributed by atoms with van der Waals surface area (Å²) >= 11 is 6.18. The van der Waals surface area contributed by atoms with E-state index in [0.29, 0.717) is 10.7 Å². The van der Waals surface area contributed by atoms with Crippen molar-refractivity contribution >= 4 is 29.1 Å². The molecule has 7 rings (SSSR count). The zero-order chi connectivity index (χ0) is 21.5. The average Bonchev–Trinajstić information content (AvgIpc) is 3.04. The van der Waals surface area contributed by atoms with E-state index >= 15 is 0 Å². The average molecular weight is 430 g/mol. The normalized spacial score (nSPS) is 28.9. The molecule has 1 aliphatic heterocycles. The lowest BCUT2D eigenvalue weighted by Gasteiger charge is -2.55. The van der Waals surface area contributed by atoms with E-state index in [-0.39, 0.29) is 17.7 Å². The fourth-order valence-electron chi connectivity index (χ4n) is 6.41. The summed E-state index contributed by atoms with van der Waals surface area (Å²) < 4.78 is 0. The van der Waals surface area contributed by atoms with Crippen LogP contribution in [0.3, 0.4) is 0 Å². The lowest BCUT2D eigenvalue weighted by molar-refractivity contribution is -0.126. The van der Waals surface area contributed by atoms with Gasteiger partial charge in [-0.2, -0.15) is 0 Å². The van der Waals surface area contributed by atoms with Crippen LogP contribution in [0.15, 0.2) is 72.8 Å². The minimum atomic E-state index is -0.979. The number of anilines is 1. The third-order valence-electron chi connectivity index (χ3n) is 7.41. The molecule has 3 aromatic carbocycles. The molecule has 31 heavy (non-hydrogen) atoms. The van der Waals surface area contributed by atoms with Crippen LogP contribution in [-0.2, 0) is 15.0 Å². The van der Waals surface area contributed by atoms with Crippen molar-refractivity contribution in [2.75, 3.05) is 4.90 Å². The second kappa shape index (κ2) is 6.28. The molecule has 1 fully saturated rings. The van der Waals surface area contributed by atoms with Crippen molar-refractivity contribution in [2.24, 2.45) is 11.8 Å². The van der Waals surface area contributed by atoms with Gasteiger partial charge >= 0.3 is 0 Å². The maximum Gasteiger partial charge on any atom is 0.239 e. The molecule has 1 saturated heterocycles. The van der Waals surface area contributed by atoms with Crippen molar-refractivity contribution < 1.29 is 14.7 Å². The van der Waals surface area contributed by atoms with Crippen LogP contribution < -0.4 is 4.90 Å². The van der Waals surface area contributed by atoms with Crippen molar-refractivity contribution in [3.05, 3.63) is 100 Å². The van der Waals surface area contributed by atoms with Crippen LogP contribution in [0.25, 0.3) is 0 Å². The minimum Gasteiger partial charge on any atom is -0.392 e. The van der Waals surface area contributed by atoms with Crippen LogP contribution >= 0.6 is 11.6 Å². The fourth-order valence-corrected chi connectivity index (χ4v) is 6.59. The molecule has 0 radical (unpaired) electrons. The van der Waals surface area contributed by atoms with Gasteiger partial charge in [-0.15, -0.1) is 0 Å². The van der Waals surface area contributed by atoms with E-state index in [9.17, 15) is 14.7 Å². The van der Waals surface area contributed by atoms with Gasteiger partial charge in [0.1, 0.15) is 0 Å². The number of aliphatic hydroxyl groups excluding tert-OH is 1. The highest BCUT2D eigenvalue weighted by atomic mass is 35.5. The van der Waals surface area contributed by atoms with E-state index in [1.807, 2.05) is 48.5 Å². The molecule has 0 aromatic heterocycles. The molecule has 0 saturated carbocycles. The van der Waals surface area contributed by atoms with Gasteiger partial charge < -0.3 is 5.11 Å². The Hall–Kier alpha value is -2.95. The first-order valence-corrected chi connectivity index (χ1v) is 10.9. The number of halogens is 1. The van der Waals surface area contributed by atoms with Crippen molar-refractivity contribution in [3.63, 3.8) is 0 Å². The highest BCUT2D eigenvalue weighted by Crippen LogP contribution is 2.65. The van der Waals surface area contributed by atoms with Gasteiger partial charge in [0.15, 0.2) is 0 Å². The van der Waals surface area contributed by atoms with Crippen LogP contribution in [0.1, 0.15) is 35.1 Å². The van der Waals surface area contributed by atoms with Gasteiger partial charge in [0, 0.05) is 10.9 Å². The first-order chi connectivity index (χ1) is 15.0. The maximum atomic E-state index is 13.9. The van der Waals surface area contributed by atoms with Crippen LogP contribution in [-0.4, -0.2) is 23.0 Å². The first-order valence-electron chi connectivity index (χ1n) is 10.5. The monoisotopic (exact) mass is 429 g/mol. The molecular formula is C26H20ClNO3. The van der Waals surface area contributed by atoms with E-state index in [1.165, 1.54) is 4.90 Å². The molecule has 154 valence electrons. The van der Waals surface area contributed by atoms with Crippen molar-refractivity contribution in [2.45, 2.75) is 24.4 Å². The predicted octanol–water partition coefficient (Wildman–Crippen LogP) is 4.27. The van der Waals surface area contributed by atoms with E-state index in [2.05, 4.69) is 0 Å². The molecule has 5 heteroatoms. The number of nitrogens with zero attached hydrogens (tertiary/aromatic N) is 1. The van der Waals surface area contributed by atoms with Crippen LogP contribution in [0, 0.1) is 11.8 Å². The lowest BCUT2D eigenvalue weighted by Crippen LogP contribution is -2.58. The zero-order valence-corrected chi connectivity index (χ0v) is 17.6. The highest BCUT2D eigenvalue weighted by molar-refractivity contribution is 6.31. The van der Waals surface area contributed by atoms with E-state index in [4.69, 9.17) is 11.6 Å². The number of hydrogen-bond donors (Lipinski definition) is 1. The zero-order valence-electron chi connectivity index (χ0n) is 16.8. The predicted molar refractivity (Wildman–Crippen MR) is 118 cm³/mol. The second-order valence-corrected chi connectivity index (χ2v) is 9.13. The first kappa shape index (κ1) is 18.8. The minimum absolute atomic E-state index is 0.223. The molecule has 2 amide bonds. The van der Waals surface area contributed by atoms with Crippen LogP contribution in [0.2, 0.25) is 5.02 Å². The molecular weight excluding hydrogens is 410 g/mol. The number of carbonyl (C=O) groups excluding carboxylic acids is 2. The maximum absolute atomic E-state index is 13.9. The Morgan fingerprint density at radius 2 is 1.52 bits per heavy atom. The Balaban J connectivity index is 1.67. The molecule has 3 atom stereocenters. The van der Waals surface area contributed by atoms with Gasteiger partial charge in [0.2, 0.25) is 11.8 Å². The third kappa shape index (κ3) is 2.14. The second-order valence-electron chi connectivity index (χ2n) is 8.69. The number of amides is 2. The van der Waals surface area contributed by atoms with Crippen molar-refractivity contribution in [1.82, 2.24) is 0 Å². The SMILES string of the molecule is C[C@H](O)C12c3ccccc3C(c3ccccc31)[C@@H]1C(=O)N(c3cccc(Cl)c3)C(=O)[C@@H]12. The van der Waals surface area contributed by atoms with Gasteiger partial charge in [0.05, 0.1) is 29.0 Å². The molecule has 3 aromatic rings. The van der Waals surface area contributed by atoms with Crippen molar-refractivity contribution in [1.29, 1.82) is 0 Å². The standard InChI is InChI=1S/C26H20ClNO3/c1-14(29)26-19-11-4-2-9-17(19)21(18-10-3-5-12-20(18)26)22-23(26)25(31)28(24(22)30)16-8-6-7-15(27)13-16/h2-14,21-23,29H,1H3/t14-,21?,22-,23+,26?/m0/s1. The van der Waals surface area contributed by atoms with Gasteiger partial charge in [0.25, 0.3) is 0 Å². The van der Waals surface area contributed by atoms with E-state index in [0.717, 1.165) is 22.3 Å². The van der Waals surface area contributed by atoms with Gasteiger partial charge in [-0.25, -0.2) is 4.90 Å². The summed E-state index contributed by atoms with van der Waals surface area (Å²) in [6.45, 7) is 1.73. The fraction of sp³-hybridized carbons (Fsp3) is 0.231. The number of imide groups is 1. The molecule has 0 unspecified atom stereocenters. The summed E-state index contributed by atoms with van der Waals surface area (Å²) in [6, 6.07) is 22.7. The molecule has 2 bridgehead atoms. The van der Waals surface area contributed by atoms with E-state index in [1.54, 1.807) is 31.2 Å². The molecule has 4 aliphatic rings. The van der Waals surface area contributed by atoms with Gasteiger partial charge in [-0.1, -0.05) is 66.2 Å². The Kier molecular flexibility index (Phi) is 3.81. The quantitative estimate of drug-likeness (QED) is 0.619. The summed E-state index contributed by atoms with van der Waals surface area (Å²) in [6.07, 6.45) is -0.861. The number of aliphatic hydroxyl groups is 1. The Bertz CT molecular complexity index is 1220. The number of rotatable bonds is 2. The Labute approximate surface area is 185 Å². The smallest absolute Gasteiger partial charge is 0.239 e. The summed E-state index contributed by atoms with van der Waals surface area (Å²) in [4.78, 5) is 29.0. The number of hydrogen-bond acceptors (Lipinski definition) is 3. The molecule has 0 spiro atoms. The largest absolute Gasteiger partial charge is 0.392 e. The summed E-state index contributed by atoms with van der Waals surface area (Å²) in [5, 5.41) is 11.8. The third-order valence-corrected chi connectivity index (χ3v) is 7.64. The Morgan fingerprint density at radius 3 is 2.10 bits per heavy atom. The Morgan fingerprint density at radius 1 is 0.903 bits per heavy atom. The number of carbonyl (C=O) groups is 2. The molecule has 1 heterocycles. The van der Waals surface area contributed by atoms with Gasteiger partial charge in [-0.05, 0) is 47.4 Å². The van der Waals surface area contributed by atoms with Crippen molar-refractivity contribution in [3.8, 4) is 0 Å².